The number of ether oxygens (including phenoxy) is 5. The highest BCUT2D eigenvalue weighted by molar-refractivity contribution is 9.11. The van der Waals surface area contributed by atoms with Gasteiger partial charge in [0.05, 0.1) is 54.3 Å². The number of para-hydroxylation sites is 1. The quantitative estimate of drug-likeness (QED) is 0.0706. The number of nitrogens with two attached hydrogens (primary N) is 1. The third-order valence-electron chi connectivity index (χ3n) is 8.35. The molecule has 15 nitrogen and oxygen atoms in total. The van der Waals surface area contributed by atoms with Gasteiger partial charge in [0.25, 0.3) is 6.54 Å². The molecular formula is C43H38Br2N6O9. The Kier molecular flexibility index (Phi) is 17.3. The Morgan fingerprint density at radius 2 is 1.42 bits per heavy atom. The molecule has 1 aliphatic rings. The highest BCUT2D eigenvalue weighted by atomic mass is 79.9. The van der Waals surface area contributed by atoms with E-state index in [4.69, 9.17) is 41.3 Å². The number of H-pyrrole nitrogens is 2. The summed E-state index contributed by atoms with van der Waals surface area (Å²) in [6.45, 7) is 5.99. The fraction of sp³-hybridized carbons (Fsp3) is 0.163. The van der Waals surface area contributed by atoms with E-state index in [0.29, 0.717) is 59.9 Å². The average molecular weight is 943 g/mol. The summed E-state index contributed by atoms with van der Waals surface area (Å²) in [7, 11) is 6.16. The standard InChI is InChI=1S/C21H16BrN3O4.C9H9BrO3.C9H7NO2.C3H2N2.CH4/c1-27-15-8-11(7-14(22)20(15)28-2)17-12-5-3-10-4-6-16(26)25-18(10)19(12)29-21(24)13(17)9-23;1-12-8-4-6(5-11)3-7(10)9(8)13-2;11-7-3-1-2-6-4-5-8(12)10-9(6)7;1-5-3-2-4;/h3-8,17H,24H2,1-2H3,(H,25,26);3-5H,1-2H3;1-5,11H,(H,10,12);3H2;1H4. The Morgan fingerprint density at radius 1 is 0.850 bits per heavy atom. The molecule has 308 valence electrons. The number of aromatic hydroxyl groups is 1. The molecule has 0 saturated heterocycles. The molecule has 4 aromatic carbocycles. The Labute approximate surface area is 361 Å². The number of methoxy groups -OCH3 is 4. The zero-order valence-corrected chi connectivity index (χ0v) is 34.9. The summed E-state index contributed by atoms with van der Waals surface area (Å²) in [5.41, 5.74) is 8.95. The zero-order chi connectivity index (χ0) is 43.2. The molecule has 0 radical (unpaired) electrons. The topological polar surface area (TPSA) is 227 Å². The van der Waals surface area contributed by atoms with Crippen LogP contribution in [0.4, 0.5) is 0 Å². The number of phenols is 1. The van der Waals surface area contributed by atoms with Crippen molar-refractivity contribution in [3.63, 3.8) is 0 Å². The van der Waals surface area contributed by atoms with E-state index in [1.807, 2.05) is 24.3 Å². The molecule has 1 atom stereocenters. The molecule has 1 aliphatic heterocycles. The molecule has 7 rings (SSSR count). The smallest absolute Gasteiger partial charge is 0.298 e. The number of rotatable bonds is 6. The third-order valence-corrected chi connectivity index (χ3v) is 9.53. The van der Waals surface area contributed by atoms with E-state index >= 15 is 0 Å². The summed E-state index contributed by atoms with van der Waals surface area (Å²) < 4.78 is 28.1. The lowest BCUT2D eigenvalue weighted by atomic mass is 9.83. The molecule has 3 heterocycles. The van der Waals surface area contributed by atoms with Crippen molar-refractivity contribution in [3.8, 4) is 46.6 Å². The van der Waals surface area contributed by atoms with Crippen LogP contribution in [0.15, 0.2) is 109 Å². The third kappa shape index (κ3) is 10.8. The van der Waals surface area contributed by atoms with Crippen molar-refractivity contribution in [2.24, 2.45) is 5.73 Å². The predicted octanol–water partition coefficient (Wildman–Crippen LogP) is 8.10. The van der Waals surface area contributed by atoms with Crippen molar-refractivity contribution in [3.05, 3.63) is 148 Å². The van der Waals surface area contributed by atoms with E-state index in [-0.39, 0.29) is 42.3 Å². The van der Waals surface area contributed by atoms with Gasteiger partial charge in [-0.1, -0.05) is 31.7 Å². The van der Waals surface area contributed by atoms with Crippen LogP contribution in [0.2, 0.25) is 0 Å². The molecule has 17 heteroatoms. The number of aromatic amines is 2. The minimum Gasteiger partial charge on any atom is -0.506 e. The highest BCUT2D eigenvalue weighted by Crippen LogP contribution is 2.47. The zero-order valence-electron chi connectivity index (χ0n) is 31.8. The van der Waals surface area contributed by atoms with Gasteiger partial charge in [-0.3, -0.25) is 14.4 Å². The Balaban J connectivity index is 0.000000256. The molecule has 0 saturated carbocycles. The Morgan fingerprint density at radius 3 is 1.95 bits per heavy atom. The molecule has 2 aromatic heterocycles. The van der Waals surface area contributed by atoms with Gasteiger partial charge in [-0.2, -0.15) is 10.5 Å². The van der Waals surface area contributed by atoms with Crippen LogP contribution in [-0.4, -0.2) is 56.3 Å². The summed E-state index contributed by atoms with van der Waals surface area (Å²) in [6, 6.07) is 25.9. The number of carbonyl (C=O) groups excluding carboxylic acids is 1. The number of phenolic OH excluding ortho intramolecular Hbond substituents is 1. The fourth-order valence-corrected chi connectivity index (χ4v) is 7.03. The number of nitrogens with zero attached hydrogens (tertiary/aromatic N) is 3. The SMILES string of the molecule is C.COc1cc(C2C(C#N)=C(N)Oc3c2ccc2ccc(=O)[nH]c32)cc(Br)c1OC.COc1cc(C=O)cc(Br)c1OC.O=c1ccc2cccc(O)c2[nH]1.[C-]#[N+]CC#N. The van der Waals surface area contributed by atoms with E-state index < -0.39 is 5.92 Å². The lowest BCUT2D eigenvalue weighted by Crippen LogP contribution is -2.22. The molecule has 0 bridgehead atoms. The van der Waals surface area contributed by atoms with Crippen LogP contribution < -0.4 is 40.5 Å². The van der Waals surface area contributed by atoms with Crippen LogP contribution >= 0.6 is 31.9 Å². The second-order valence-corrected chi connectivity index (χ2v) is 13.5. The minimum atomic E-state index is -0.507. The van der Waals surface area contributed by atoms with Crippen molar-refractivity contribution < 1.29 is 33.6 Å². The predicted molar refractivity (Wildman–Crippen MR) is 234 cm³/mol. The molecule has 5 N–H and O–H groups in total. The largest absolute Gasteiger partial charge is 0.506 e. The van der Waals surface area contributed by atoms with Crippen molar-refractivity contribution in [2.45, 2.75) is 13.3 Å². The number of nitrogens with one attached hydrogen (secondary N) is 2. The first kappa shape index (κ1) is 47.1. The average Bonchev–Trinajstić information content (AvgIpc) is 3.23. The summed E-state index contributed by atoms with van der Waals surface area (Å²) >= 11 is 6.77. The number of pyridine rings is 2. The highest BCUT2D eigenvalue weighted by Gasteiger charge is 2.33. The Hall–Kier alpha value is -7.26. The fourth-order valence-electron chi connectivity index (χ4n) is 5.79. The summed E-state index contributed by atoms with van der Waals surface area (Å²) in [6.07, 6.45) is 0.757. The van der Waals surface area contributed by atoms with Gasteiger partial charge >= 0.3 is 0 Å². The van der Waals surface area contributed by atoms with Crippen LogP contribution in [0.25, 0.3) is 26.7 Å². The van der Waals surface area contributed by atoms with Gasteiger partial charge in [-0.15, -0.1) is 0 Å². The second kappa shape index (κ2) is 22.0. The maximum atomic E-state index is 11.9. The molecule has 0 spiro atoms. The monoisotopic (exact) mass is 940 g/mol. The van der Waals surface area contributed by atoms with Gasteiger partial charge in [0.2, 0.25) is 17.0 Å². The van der Waals surface area contributed by atoms with Crippen molar-refractivity contribution in [1.82, 2.24) is 9.97 Å². The van der Waals surface area contributed by atoms with Crippen molar-refractivity contribution in [2.75, 3.05) is 35.0 Å². The molecule has 1 unspecified atom stereocenters. The number of hydrogen-bond acceptors (Lipinski definition) is 12. The van der Waals surface area contributed by atoms with Gasteiger partial charge < -0.3 is 49.3 Å². The molecular weight excluding hydrogens is 904 g/mol. The molecule has 0 aliphatic carbocycles. The summed E-state index contributed by atoms with van der Waals surface area (Å²) in [5.74, 6) is 2.20. The van der Waals surface area contributed by atoms with Crippen LogP contribution in [0.5, 0.6) is 34.5 Å². The van der Waals surface area contributed by atoms with Gasteiger partial charge in [-0.05, 0) is 79.9 Å². The molecule has 60 heavy (non-hydrogen) atoms. The van der Waals surface area contributed by atoms with Crippen LogP contribution in [0.3, 0.4) is 0 Å². The maximum Gasteiger partial charge on any atom is 0.298 e. The number of aldehydes is 1. The number of halogens is 2. The Bertz CT molecular complexity index is 2790. The van der Waals surface area contributed by atoms with Gasteiger partial charge in [0.15, 0.2) is 28.7 Å². The second-order valence-electron chi connectivity index (χ2n) is 11.8. The van der Waals surface area contributed by atoms with Gasteiger partial charge in [0, 0.05) is 34.0 Å². The van der Waals surface area contributed by atoms with E-state index in [1.165, 1.54) is 25.3 Å². The first-order valence-corrected chi connectivity index (χ1v) is 18.5. The number of nitriles is 2. The number of benzene rings is 4. The molecule has 6 aromatic rings. The lowest BCUT2D eigenvalue weighted by molar-refractivity contribution is 0.112. The maximum absolute atomic E-state index is 11.9. The number of hydrogen-bond donors (Lipinski definition) is 4. The van der Waals surface area contributed by atoms with Gasteiger partial charge in [-0.25, -0.2) is 6.57 Å². The molecule has 0 amide bonds. The summed E-state index contributed by atoms with van der Waals surface area (Å²) in [4.78, 5) is 41.4. The van der Waals surface area contributed by atoms with Crippen LogP contribution in [0, 0.1) is 29.2 Å². The van der Waals surface area contributed by atoms with E-state index in [2.05, 4.69) is 52.7 Å². The van der Waals surface area contributed by atoms with Crippen molar-refractivity contribution >= 4 is 60.0 Å². The van der Waals surface area contributed by atoms with Gasteiger partial charge in [0.1, 0.15) is 29.7 Å². The lowest BCUT2D eigenvalue weighted by Gasteiger charge is -2.28. The molecule has 0 fully saturated rings. The van der Waals surface area contributed by atoms with E-state index in [0.717, 1.165) is 22.6 Å². The number of aromatic nitrogens is 2. The van der Waals surface area contributed by atoms with Crippen molar-refractivity contribution in [1.29, 1.82) is 10.5 Å². The minimum absolute atomic E-state index is 0. The number of allylic oxidation sites excluding steroid dienone is 1. The van der Waals surface area contributed by atoms with E-state index in [9.17, 15) is 24.8 Å². The van der Waals surface area contributed by atoms with Crippen LogP contribution in [-0.2, 0) is 0 Å². The van der Waals surface area contributed by atoms with Crippen LogP contribution in [0.1, 0.15) is 34.8 Å². The first-order chi connectivity index (χ1) is 28.4. The number of fused-ring (bicyclic) bond motifs is 4. The first-order valence-electron chi connectivity index (χ1n) is 16.9. The van der Waals surface area contributed by atoms with E-state index in [1.54, 1.807) is 63.8 Å². The summed E-state index contributed by atoms with van der Waals surface area (Å²) in [5, 5.41) is 28.3. The normalized spacial score (nSPS) is 11.9. The number of carbonyl (C=O) groups is 1.